The zero-order chi connectivity index (χ0) is 23.5. The fourth-order valence-electron chi connectivity index (χ4n) is 4.21. The van der Waals surface area contributed by atoms with E-state index in [0.717, 1.165) is 53.7 Å². The van der Waals surface area contributed by atoms with Gasteiger partial charge in [-0.3, -0.25) is 9.69 Å². The molecule has 3 aromatic carbocycles. The summed E-state index contributed by atoms with van der Waals surface area (Å²) in [6.45, 7) is 6.00. The lowest BCUT2D eigenvalue weighted by Gasteiger charge is -2.35. The molecule has 1 aliphatic rings. The fourth-order valence-corrected chi connectivity index (χ4v) is 5.28. The molecule has 1 saturated heterocycles. The number of nitrogens with one attached hydrogen (secondary N) is 1. The van der Waals surface area contributed by atoms with Gasteiger partial charge in [0.2, 0.25) is 5.91 Å². The Kier molecular flexibility index (Phi) is 6.47. The van der Waals surface area contributed by atoms with E-state index in [1.54, 1.807) is 18.4 Å². The van der Waals surface area contributed by atoms with Crippen molar-refractivity contribution in [3.05, 3.63) is 72.3 Å². The molecule has 4 aromatic rings. The average molecular weight is 473 g/mol. The molecule has 1 fully saturated rings. The summed E-state index contributed by atoms with van der Waals surface area (Å²) < 4.78 is 6.43. The lowest BCUT2D eigenvalue weighted by atomic mass is 10.2. The summed E-state index contributed by atoms with van der Waals surface area (Å²) in [5.41, 5.74) is 5.32. The normalized spacial score (nSPS) is 14.4. The van der Waals surface area contributed by atoms with Crippen molar-refractivity contribution in [2.45, 2.75) is 6.92 Å². The van der Waals surface area contributed by atoms with Crippen LogP contribution in [-0.2, 0) is 4.79 Å². The van der Waals surface area contributed by atoms with E-state index in [1.165, 1.54) is 16.0 Å². The largest absolute Gasteiger partial charge is 0.497 e. The third kappa shape index (κ3) is 5.05. The number of hydrogen-bond acceptors (Lipinski definition) is 6. The van der Waals surface area contributed by atoms with Crippen LogP contribution in [0.5, 0.6) is 5.75 Å². The zero-order valence-electron chi connectivity index (χ0n) is 19.5. The van der Waals surface area contributed by atoms with Crippen LogP contribution in [0, 0.1) is 6.92 Å². The van der Waals surface area contributed by atoms with Crippen LogP contribution in [0.3, 0.4) is 0 Å². The van der Waals surface area contributed by atoms with Crippen LogP contribution in [-0.4, -0.2) is 55.6 Å². The summed E-state index contributed by atoms with van der Waals surface area (Å²) in [6, 6.07) is 22.4. The van der Waals surface area contributed by atoms with Crippen molar-refractivity contribution in [2.75, 3.05) is 50.1 Å². The van der Waals surface area contributed by atoms with E-state index in [-0.39, 0.29) is 5.91 Å². The third-order valence-electron chi connectivity index (χ3n) is 6.14. The van der Waals surface area contributed by atoms with Crippen LogP contribution < -0.4 is 15.0 Å². The Bertz CT molecular complexity index is 1280. The molecular weight excluding hydrogens is 444 g/mol. The maximum Gasteiger partial charge on any atom is 0.238 e. The Morgan fingerprint density at radius 2 is 1.74 bits per heavy atom. The molecule has 7 heteroatoms. The summed E-state index contributed by atoms with van der Waals surface area (Å²) >= 11 is 1.69. The maximum atomic E-state index is 12.6. The van der Waals surface area contributed by atoms with Crippen LogP contribution in [0.4, 0.5) is 11.4 Å². The molecule has 1 N–H and O–H groups in total. The SMILES string of the molecule is COc1ccc(N2CCN(CC(=O)Nc3ccc(-c4nc5ccc(C)cc5s4)cc3)CC2)cc1. The number of thiazole rings is 1. The lowest BCUT2D eigenvalue weighted by Crippen LogP contribution is -2.48. The van der Waals surface area contributed by atoms with Crippen molar-refractivity contribution in [1.29, 1.82) is 0 Å². The monoisotopic (exact) mass is 472 g/mol. The number of amides is 1. The molecule has 1 amide bonds. The number of hydrogen-bond donors (Lipinski definition) is 1. The van der Waals surface area contributed by atoms with E-state index in [0.29, 0.717) is 6.54 Å². The number of aromatic nitrogens is 1. The number of piperazine rings is 1. The Morgan fingerprint density at radius 1 is 1.00 bits per heavy atom. The molecule has 0 spiro atoms. The molecule has 0 radical (unpaired) electrons. The number of carbonyl (C=O) groups is 1. The summed E-state index contributed by atoms with van der Waals surface area (Å²) in [4.78, 5) is 21.9. The smallest absolute Gasteiger partial charge is 0.238 e. The van der Waals surface area contributed by atoms with Gasteiger partial charge in [0, 0.05) is 43.1 Å². The molecule has 0 saturated carbocycles. The minimum absolute atomic E-state index is 0.0149. The van der Waals surface area contributed by atoms with E-state index in [4.69, 9.17) is 9.72 Å². The van der Waals surface area contributed by atoms with Gasteiger partial charge in [-0.15, -0.1) is 11.3 Å². The van der Waals surface area contributed by atoms with Crippen LogP contribution in [0.1, 0.15) is 5.56 Å². The molecule has 6 nitrogen and oxygen atoms in total. The Labute approximate surface area is 203 Å². The van der Waals surface area contributed by atoms with Gasteiger partial charge in [-0.2, -0.15) is 0 Å². The van der Waals surface area contributed by atoms with Gasteiger partial charge >= 0.3 is 0 Å². The minimum atomic E-state index is 0.0149. The van der Waals surface area contributed by atoms with Gasteiger partial charge < -0.3 is 15.0 Å². The van der Waals surface area contributed by atoms with E-state index in [1.807, 2.05) is 36.4 Å². The molecule has 5 rings (SSSR count). The number of fused-ring (bicyclic) bond motifs is 1. The van der Waals surface area contributed by atoms with Gasteiger partial charge in [0.05, 0.1) is 23.9 Å². The van der Waals surface area contributed by atoms with Gasteiger partial charge in [0.15, 0.2) is 0 Å². The summed E-state index contributed by atoms with van der Waals surface area (Å²) in [7, 11) is 1.68. The Morgan fingerprint density at radius 3 is 2.44 bits per heavy atom. The molecule has 34 heavy (non-hydrogen) atoms. The second-order valence-electron chi connectivity index (χ2n) is 8.58. The highest BCUT2D eigenvalue weighted by Gasteiger charge is 2.19. The molecular formula is C27H28N4O2S. The highest BCUT2D eigenvalue weighted by atomic mass is 32.1. The van der Waals surface area contributed by atoms with Crippen molar-refractivity contribution in [1.82, 2.24) is 9.88 Å². The molecule has 2 heterocycles. The molecule has 0 atom stereocenters. The van der Waals surface area contributed by atoms with Crippen molar-refractivity contribution in [2.24, 2.45) is 0 Å². The number of ether oxygens (including phenoxy) is 1. The molecule has 0 bridgehead atoms. The predicted molar refractivity (Wildman–Crippen MR) is 140 cm³/mol. The lowest BCUT2D eigenvalue weighted by molar-refractivity contribution is -0.117. The number of methoxy groups -OCH3 is 1. The molecule has 1 aliphatic heterocycles. The Balaban J connectivity index is 1.13. The maximum absolute atomic E-state index is 12.6. The summed E-state index contributed by atoms with van der Waals surface area (Å²) in [5.74, 6) is 0.878. The highest BCUT2D eigenvalue weighted by molar-refractivity contribution is 7.21. The number of carbonyl (C=O) groups excluding carboxylic acids is 1. The molecule has 0 aliphatic carbocycles. The van der Waals surface area contributed by atoms with Crippen LogP contribution in [0.25, 0.3) is 20.8 Å². The fraction of sp³-hybridized carbons (Fsp3) is 0.259. The minimum Gasteiger partial charge on any atom is -0.497 e. The van der Waals surface area contributed by atoms with E-state index < -0.39 is 0 Å². The van der Waals surface area contributed by atoms with Gasteiger partial charge in [0.1, 0.15) is 10.8 Å². The van der Waals surface area contributed by atoms with Crippen molar-refractivity contribution >= 4 is 38.8 Å². The number of rotatable bonds is 6. The zero-order valence-corrected chi connectivity index (χ0v) is 20.3. The van der Waals surface area contributed by atoms with E-state index in [2.05, 4.69) is 52.4 Å². The van der Waals surface area contributed by atoms with E-state index >= 15 is 0 Å². The van der Waals surface area contributed by atoms with Gasteiger partial charge in [-0.05, 0) is 73.2 Å². The highest BCUT2D eigenvalue weighted by Crippen LogP contribution is 2.31. The standard InChI is InChI=1S/C27H28N4O2S/c1-19-3-12-24-25(17-19)34-27(29-24)20-4-6-21(7-5-20)28-26(32)18-30-13-15-31(16-14-30)22-8-10-23(33-2)11-9-22/h3-12,17H,13-16,18H2,1-2H3,(H,28,32). The number of aryl methyl sites for hydroxylation is 1. The topological polar surface area (TPSA) is 57.7 Å². The van der Waals surface area contributed by atoms with Gasteiger partial charge in [-0.1, -0.05) is 6.07 Å². The first-order valence-electron chi connectivity index (χ1n) is 11.5. The third-order valence-corrected chi connectivity index (χ3v) is 7.20. The van der Waals surface area contributed by atoms with Crippen LogP contribution in [0.15, 0.2) is 66.7 Å². The average Bonchev–Trinajstić information content (AvgIpc) is 3.28. The first kappa shape index (κ1) is 22.4. The second kappa shape index (κ2) is 9.83. The molecule has 1 aromatic heterocycles. The van der Waals surface area contributed by atoms with Gasteiger partial charge in [-0.25, -0.2) is 4.98 Å². The predicted octanol–water partition coefficient (Wildman–Crippen LogP) is 5.04. The first-order chi connectivity index (χ1) is 16.6. The van der Waals surface area contributed by atoms with Crippen LogP contribution >= 0.6 is 11.3 Å². The van der Waals surface area contributed by atoms with Crippen molar-refractivity contribution < 1.29 is 9.53 Å². The first-order valence-corrected chi connectivity index (χ1v) is 12.3. The van der Waals surface area contributed by atoms with Crippen molar-refractivity contribution in [3.8, 4) is 16.3 Å². The number of nitrogens with zero attached hydrogens (tertiary/aromatic N) is 3. The molecule has 174 valence electrons. The summed E-state index contributed by atoms with van der Waals surface area (Å²) in [6.07, 6.45) is 0. The van der Waals surface area contributed by atoms with E-state index in [9.17, 15) is 4.79 Å². The number of anilines is 2. The Hall–Kier alpha value is -3.42. The van der Waals surface area contributed by atoms with Crippen LogP contribution in [0.2, 0.25) is 0 Å². The number of benzene rings is 3. The van der Waals surface area contributed by atoms with Crippen molar-refractivity contribution in [3.63, 3.8) is 0 Å². The van der Waals surface area contributed by atoms with Gasteiger partial charge in [0.25, 0.3) is 0 Å². The quantitative estimate of drug-likeness (QED) is 0.426. The summed E-state index contributed by atoms with van der Waals surface area (Å²) in [5, 5.41) is 4.03. The molecule has 0 unspecified atom stereocenters. The second-order valence-corrected chi connectivity index (χ2v) is 9.61.